The summed E-state index contributed by atoms with van der Waals surface area (Å²) in [4.78, 5) is 13.1. The first-order valence-corrected chi connectivity index (χ1v) is 11.1. The molecule has 0 saturated carbocycles. The number of carbonyl (C=O) groups is 1. The summed E-state index contributed by atoms with van der Waals surface area (Å²) in [5, 5.41) is 13.0. The summed E-state index contributed by atoms with van der Waals surface area (Å²) in [7, 11) is 1.48. The van der Waals surface area contributed by atoms with E-state index in [9.17, 15) is 9.90 Å². The van der Waals surface area contributed by atoms with Gasteiger partial charge in [0.05, 0.1) is 11.4 Å². The molecule has 0 fully saturated rings. The Morgan fingerprint density at radius 1 is 1.31 bits per heavy atom. The van der Waals surface area contributed by atoms with Crippen molar-refractivity contribution >= 4 is 23.3 Å². The number of allylic oxidation sites excluding steroid dienone is 5. The summed E-state index contributed by atoms with van der Waals surface area (Å²) >= 11 is 1.23. The van der Waals surface area contributed by atoms with Gasteiger partial charge in [0, 0.05) is 24.2 Å². The van der Waals surface area contributed by atoms with Crippen LogP contribution in [0.3, 0.4) is 0 Å². The van der Waals surface area contributed by atoms with Gasteiger partial charge in [0.15, 0.2) is 6.29 Å². The van der Waals surface area contributed by atoms with E-state index >= 15 is 0 Å². The summed E-state index contributed by atoms with van der Waals surface area (Å²) in [5.74, 6) is 6.36. The number of aliphatic hydroxyl groups excluding tert-OH is 1. The quantitative estimate of drug-likeness (QED) is 0.503. The Bertz CT molecular complexity index is 1170. The van der Waals surface area contributed by atoms with E-state index in [4.69, 9.17) is 9.47 Å². The maximum atomic E-state index is 12.5. The fourth-order valence-electron chi connectivity index (χ4n) is 3.83. The minimum atomic E-state index is -0.945. The second kappa shape index (κ2) is 9.53. The van der Waals surface area contributed by atoms with Crippen LogP contribution in [0.25, 0.3) is 0 Å². The van der Waals surface area contributed by atoms with Crippen LogP contribution in [-0.4, -0.2) is 29.0 Å². The SMILES string of the molecule is COC(O)C1=C2C=CC[C@@H]1C(C#Cc1snc(C)c1NC(=O)O[C@H](C)c1ccccc1)=C2. The van der Waals surface area contributed by atoms with Gasteiger partial charge in [-0.15, -0.1) is 0 Å². The lowest BCUT2D eigenvalue weighted by atomic mass is 9.88. The molecule has 0 spiro atoms. The molecular formula is C25H24N2O4S. The summed E-state index contributed by atoms with van der Waals surface area (Å²) < 4.78 is 15.0. The van der Waals surface area contributed by atoms with E-state index in [0.717, 1.165) is 28.7 Å². The van der Waals surface area contributed by atoms with Gasteiger partial charge < -0.3 is 14.6 Å². The van der Waals surface area contributed by atoms with E-state index in [2.05, 4.69) is 27.6 Å². The number of amides is 1. The highest BCUT2D eigenvalue weighted by Crippen LogP contribution is 2.40. The zero-order valence-electron chi connectivity index (χ0n) is 18.1. The molecule has 1 aromatic heterocycles. The number of methoxy groups -OCH3 is 1. The number of anilines is 1. The fraction of sp³-hybridized carbons (Fsp3) is 0.280. The Kier molecular flexibility index (Phi) is 6.56. The average molecular weight is 449 g/mol. The number of aryl methyl sites for hydroxylation is 1. The van der Waals surface area contributed by atoms with Gasteiger partial charge in [-0.3, -0.25) is 5.32 Å². The van der Waals surface area contributed by atoms with E-state index < -0.39 is 12.4 Å². The van der Waals surface area contributed by atoms with Crippen molar-refractivity contribution in [3.8, 4) is 11.8 Å². The second-order valence-electron chi connectivity index (χ2n) is 7.59. The molecule has 3 atom stereocenters. The van der Waals surface area contributed by atoms with Gasteiger partial charge in [-0.2, -0.15) is 4.37 Å². The van der Waals surface area contributed by atoms with Gasteiger partial charge in [0.1, 0.15) is 11.0 Å². The molecule has 0 aliphatic heterocycles. The molecule has 164 valence electrons. The van der Waals surface area contributed by atoms with Crippen LogP contribution in [0.5, 0.6) is 0 Å². The number of hydrogen-bond donors (Lipinski definition) is 2. The van der Waals surface area contributed by atoms with Crippen molar-refractivity contribution in [1.29, 1.82) is 0 Å². The topological polar surface area (TPSA) is 80.7 Å². The molecule has 2 aromatic rings. The van der Waals surface area contributed by atoms with Crippen LogP contribution in [0.1, 0.15) is 35.6 Å². The number of hydrogen-bond acceptors (Lipinski definition) is 6. The number of fused-ring (bicyclic) bond motifs is 1. The third kappa shape index (κ3) is 4.53. The zero-order chi connectivity index (χ0) is 22.7. The molecule has 6 nitrogen and oxygen atoms in total. The summed E-state index contributed by atoms with van der Waals surface area (Å²) in [5.41, 5.74) is 4.85. The van der Waals surface area contributed by atoms with E-state index in [1.54, 1.807) is 0 Å². The monoisotopic (exact) mass is 448 g/mol. The molecule has 7 heteroatoms. The molecule has 4 rings (SSSR count). The number of aliphatic hydroxyl groups is 1. The van der Waals surface area contributed by atoms with Gasteiger partial charge in [-0.05, 0) is 54.9 Å². The van der Waals surface area contributed by atoms with Crippen molar-refractivity contribution in [2.75, 3.05) is 12.4 Å². The van der Waals surface area contributed by atoms with Crippen LogP contribution < -0.4 is 5.32 Å². The summed E-state index contributed by atoms with van der Waals surface area (Å²) in [6.07, 6.45) is 4.92. The number of rotatable bonds is 5. The minimum absolute atomic E-state index is 0.000403. The maximum Gasteiger partial charge on any atom is 0.412 e. The molecule has 2 aliphatic carbocycles. The molecule has 1 amide bonds. The lowest BCUT2D eigenvalue weighted by molar-refractivity contribution is -0.0496. The normalized spacial score (nSPS) is 18.5. The van der Waals surface area contributed by atoms with Crippen LogP contribution in [0, 0.1) is 24.7 Å². The van der Waals surface area contributed by atoms with Crippen molar-refractivity contribution < 1.29 is 19.4 Å². The van der Waals surface area contributed by atoms with E-state index in [-0.39, 0.29) is 12.0 Å². The van der Waals surface area contributed by atoms with Gasteiger partial charge in [0.25, 0.3) is 0 Å². The van der Waals surface area contributed by atoms with Gasteiger partial charge in [0.2, 0.25) is 0 Å². The number of carbonyl (C=O) groups excluding carboxylic acids is 1. The number of aromatic nitrogens is 1. The predicted octanol–water partition coefficient (Wildman–Crippen LogP) is 4.89. The van der Waals surface area contributed by atoms with Gasteiger partial charge in [-0.1, -0.05) is 48.4 Å². The van der Waals surface area contributed by atoms with Gasteiger partial charge in [-0.25, -0.2) is 4.79 Å². The summed E-state index contributed by atoms with van der Waals surface area (Å²) in [6.45, 7) is 3.65. The standard InChI is InChI=1S/C25H24N2O4S/c1-15-23(26-25(29)31-16(2)17-8-5-4-6-9-17)21(32-27-15)13-12-18-14-19-10-7-11-20(18)22(19)24(28)30-3/h4-10,14,16,20,24,28H,11H2,1-3H3,(H,26,29)/t16-,20-,24?/m1/s1. The smallest absolute Gasteiger partial charge is 0.412 e. The van der Waals surface area contributed by atoms with E-state index in [1.165, 1.54) is 18.6 Å². The van der Waals surface area contributed by atoms with Crippen molar-refractivity contribution in [2.24, 2.45) is 5.92 Å². The van der Waals surface area contributed by atoms with Gasteiger partial charge >= 0.3 is 6.09 Å². The van der Waals surface area contributed by atoms with Crippen molar-refractivity contribution in [1.82, 2.24) is 4.37 Å². The Morgan fingerprint density at radius 2 is 2.09 bits per heavy atom. The molecule has 1 unspecified atom stereocenters. The van der Waals surface area contributed by atoms with Crippen LogP contribution in [0.4, 0.5) is 10.5 Å². The summed E-state index contributed by atoms with van der Waals surface area (Å²) in [6, 6.07) is 9.55. The Morgan fingerprint density at radius 3 is 2.84 bits per heavy atom. The molecule has 2 bridgehead atoms. The fourth-order valence-corrected chi connectivity index (χ4v) is 4.54. The predicted molar refractivity (Wildman–Crippen MR) is 124 cm³/mol. The highest BCUT2D eigenvalue weighted by atomic mass is 32.1. The maximum absolute atomic E-state index is 12.5. The molecule has 1 heterocycles. The van der Waals surface area contributed by atoms with E-state index in [0.29, 0.717) is 16.3 Å². The third-order valence-corrected chi connectivity index (χ3v) is 6.37. The molecule has 0 radical (unpaired) electrons. The van der Waals surface area contributed by atoms with Crippen LogP contribution in [-0.2, 0) is 9.47 Å². The van der Waals surface area contributed by atoms with Crippen molar-refractivity contribution in [2.45, 2.75) is 32.7 Å². The number of nitrogens with one attached hydrogen (secondary N) is 1. The van der Waals surface area contributed by atoms with E-state index in [1.807, 2.05) is 56.3 Å². The Labute approximate surface area is 191 Å². The number of benzene rings is 1. The van der Waals surface area contributed by atoms with Crippen LogP contribution in [0.15, 0.2) is 65.3 Å². The number of nitrogens with zero attached hydrogens (tertiary/aromatic N) is 1. The highest BCUT2D eigenvalue weighted by Gasteiger charge is 2.32. The highest BCUT2D eigenvalue weighted by molar-refractivity contribution is 7.07. The lowest BCUT2D eigenvalue weighted by Crippen LogP contribution is -2.20. The van der Waals surface area contributed by atoms with Crippen LogP contribution >= 0.6 is 11.5 Å². The van der Waals surface area contributed by atoms with Crippen molar-refractivity contribution in [3.63, 3.8) is 0 Å². The molecular weight excluding hydrogens is 424 g/mol. The largest absolute Gasteiger partial charge is 0.441 e. The molecule has 0 saturated heterocycles. The zero-order valence-corrected chi connectivity index (χ0v) is 18.9. The average Bonchev–Trinajstić information content (AvgIpc) is 3.24. The molecule has 2 N–H and O–H groups in total. The first-order chi connectivity index (χ1) is 15.5. The Hall–Kier alpha value is -3.18. The first-order valence-electron chi connectivity index (χ1n) is 10.3. The lowest BCUT2D eigenvalue weighted by Gasteiger charge is -2.22. The van der Waals surface area contributed by atoms with Crippen LogP contribution in [0.2, 0.25) is 0 Å². The number of ether oxygens (including phenoxy) is 2. The van der Waals surface area contributed by atoms with Crippen molar-refractivity contribution in [3.05, 3.63) is 81.4 Å². The molecule has 32 heavy (non-hydrogen) atoms. The third-order valence-electron chi connectivity index (χ3n) is 5.52. The minimum Gasteiger partial charge on any atom is -0.441 e. The molecule has 1 aromatic carbocycles. The first kappa shape index (κ1) is 22.0. The molecule has 2 aliphatic rings. The second-order valence-corrected chi connectivity index (χ2v) is 8.37. The Balaban J connectivity index is 1.47.